The molecule has 3 fully saturated rings. The molecule has 3 aliphatic rings. The van der Waals surface area contributed by atoms with E-state index in [1.807, 2.05) is 12.4 Å². The first-order valence-corrected chi connectivity index (χ1v) is 11.7. The van der Waals surface area contributed by atoms with E-state index in [9.17, 15) is 4.79 Å². The maximum absolute atomic E-state index is 13.5. The Balaban J connectivity index is 1.37. The topological polar surface area (TPSA) is 66.7 Å². The van der Waals surface area contributed by atoms with E-state index < -0.39 is 0 Å². The zero-order valence-corrected chi connectivity index (χ0v) is 18.8. The number of imidazole rings is 1. The Morgan fingerprint density at radius 1 is 1.10 bits per heavy atom. The van der Waals surface area contributed by atoms with Crippen LogP contribution in [0.2, 0.25) is 0 Å². The van der Waals surface area contributed by atoms with E-state index in [4.69, 9.17) is 4.74 Å². The zero-order valence-electron chi connectivity index (χ0n) is 18.8. The number of piperidine rings is 1. The van der Waals surface area contributed by atoms with Crippen LogP contribution in [0.5, 0.6) is 0 Å². The summed E-state index contributed by atoms with van der Waals surface area (Å²) in [6.45, 7) is 6.37. The molecule has 5 rings (SSSR count). The quantitative estimate of drug-likeness (QED) is 0.732. The van der Waals surface area contributed by atoms with Crippen LogP contribution in [0.3, 0.4) is 0 Å². The molecule has 2 aromatic heterocycles. The van der Waals surface area contributed by atoms with Crippen molar-refractivity contribution < 1.29 is 9.53 Å². The summed E-state index contributed by atoms with van der Waals surface area (Å²) < 4.78 is 7.64. The molecule has 168 valence electrons. The van der Waals surface area contributed by atoms with Crippen molar-refractivity contribution in [3.63, 3.8) is 0 Å². The number of ether oxygens (including phenoxy) is 1. The molecular weight excluding hydrogens is 392 g/mol. The third-order valence-corrected chi connectivity index (χ3v) is 7.67. The van der Waals surface area contributed by atoms with Crippen molar-refractivity contribution in [1.82, 2.24) is 29.2 Å². The molecule has 0 N–H and O–H groups in total. The van der Waals surface area contributed by atoms with E-state index in [1.54, 1.807) is 6.20 Å². The molecule has 3 saturated heterocycles. The van der Waals surface area contributed by atoms with Crippen LogP contribution in [-0.4, -0.2) is 101 Å². The van der Waals surface area contributed by atoms with Gasteiger partial charge in [0.05, 0.1) is 11.9 Å². The highest BCUT2D eigenvalue weighted by Gasteiger charge is 2.41. The Labute approximate surface area is 184 Å². The summed E-state index contributed by atoms with van der Waals surface area (Å²) in [5, 5.41) is 0. The Kier molecular flexibility index (Phi) is 5.71. The van der Waals surface area contributed by atoms with Gasteiger partial charge in [0, 0.05) is 50.6 Å². The lowest BCUT2D eigenvalue weighted by Crippen LogP contribution is -2.58. The maximum atomic E-state index is 13.5. The van der Waals surface area contributed by atoms with E-state index >= 15 is 0 Å². The number of aromatic nitrogens is 3. The summed E-state index contributed by atoms with van der Waals surface area (Å²) >= 11 is 0. The summed E-state index contributed by atoms with van der Waals surface area (Å²) in [5.41, 5.74) is 2.40. The third kappa shape index (κ3) is 3.97. The molecule has 0 atom stereocenters. The second-order valence-corrected chi connectivity index (χ2v) is 9.59. The van der Waals surface area contributed by atoms with Crippen LogP contribution in [0, 0.1) is 0 Å². The predicted molar refractivity (Wildman–Crippen MR) is 119 cm³/mol. The fourth-order valence-corrected chi connectivity index (χ4v) is 5.49. The average Bonchev–Trinajstić information content (AvgIpc) is 3.16. The van der Waals surface area contributed by atoms with Crippen LogP contribution in [-0.2, 0) is 4.74 Å². The van der Waals surface area contributed by atoms with Gasteiger partial charge >= 0.3 is 0 Å². The Morgan fingerprint density at radius 2 is 1.87 bits per heavy atom. The molecule has 1 amide bonds. The number of amides is 1. The summed E-state index contributed by atoms with van der Waals surface area (Å²) in [6, 6.07) is 2.30. The number of hydrogen-bond donors (Lipinski definition) is 0. The van der Waals surface area contributed by atoms with Crippen LogP contribution in [0.4, 0.5) is 0 Å². The highest BCUT2D eigenvalue weighted by molar-refractivity contribution is 5.96. The number of likely N-dealkylation sites (tertiary alicyclic amines) is 1. The standard InChI is InChI=1S/C23H34N6O2/c1-26-10-6-23(7-11-26)16-28(9-3-8-27(23)2)22(30)18-14-20-21(24-15-18)29(17-25-20)19-4-12-31-13-5-19/h14-15,17,19H,3-13,16H2,1-2H3. The van der Waals surface area contributed by atoms with Crippen LogP contribution < -0.4 is 0 Å². The van der Waals surface area contributed by atoms with Crippen molar-refractivity contribution in [3.05, 3.63) is 24.2 Å². The number of rotatable bonds is 2. The molecule has 0 radical (unpaired) electrons. The normalized spacial score (nSPS) is 24.0. The highest BCUT2D eigenvalue weighted by Crippen LogP contribution is 2.32. The van der Waals surface area contributed by atoms with Gasteiger partial charge in [0.1, 0.15) is 5.52 Å². The molecule has 8 nitrogen and oxygen atoms in total. The van der Waals surface area contributed by atoms with Gasteiger partial charge in [0.25, 0.3) is 5.91 Å². The Hall–Kier alpha value is -2.03. The van der Waals surface area contributed by atoms with E-state index in [1.165, 1.54) is 0 Å². The SMILES string of the molecule is CN1CCC2(CC1)CN(C(=O)c1cnc3c(c1)ncn3C1CCOCC1)CCCN2C. The van der Waals surface area contributed by atoms with Crippen molar-refractivity contribution in [3.8, 4) is 0 Å². The maximum Gasteiger partial charge on any atom is 0.255 e. The lowest BCUT2D eigenvalue weighted by molar-refractivity contribution is 0.0317. The second-order valence-electron chi connectivity index (χ2n) is 9.59. The molecule has 5 heterocycles. The minimum Gasteiger partial charge on any atom is -0.381 e. The van der Waals surface area contributed by atoms with E-state index in [2.05, 4.69) is 43.3 Å². The van der Waals surface area contributed by atoms with E-state index in [0.717, 1.165) is 89.2 Å². The number of carbonyl (C=O) groups excluding carboxylic acids is 1. The summed E-state index contributed by atoms with van der Waals surface area (Å²) in [6.07, 6.45) is 8.80. The summed E-state index contributed by atoms with van der Waals surface area (Å²) in [5.74, 6) is 0.0867. The van der Waals surface area contributed by atoms with Crippen LogP contribution in [0.15, 0.2) is 18.6 Å². The third-order valence-electron chi connectivity index (χ3n) is 7.67. The smallest absolute Gasteiger partial charge is 0.255 e. The number of pyridine rings is 1. The van der Waals surface area contributed by atoms with E-state index in [0.29, 0.717) is 11.6 Å². The van der Waals surface area contributed by atoms with Gasteiger partial charge < -0.3 is 19.1 Å². The van der Waals surface area contributed by atoms with Crippen molar-refractivity contribution in [2.75, 3.05) is 60.0 Å². The molecule has 31 heavy (non-hydrogen) atoms. The fraction of sp³-hybridized carbons (Fsp3) is 0.696. The van der Waals surface area contributed by atoms with Gasteiger partial charge in [0.15, 0.2) is 5.65 Å². The lowest BCUT2D eigenvalue weighted by Gasteiger charge is -2.47. The molecule has 0 unspecified atom stereocenters. The van der Waals surface area contributed by atoms with Crippen LogP contribution in [0.25, 0.3) is 11.2 Å². The van der Waals surface area contributed by atoms with E-state index in [-0.39, 0.29) is 11.4 Å². The molecule has 3 aliphatic heterocycles. The number of likely N-dealkylation sites (N-methyl/N-ethyl adjacent to an activating group) is 1. The minimum absolute atomic E-state index is 0.0842. The van der Waals surface area contributed by atoms with Gasteiger partial charge in [-0.25, -0.2) is 9.97 Å². The van der Waals surface area contributed by atoms with Crippen molar-refractivity contribution in [1.29, 1.82) is 0 Å². The predicted octanol–water partition coefficient (Wildman–Crippen LogP) is 2.02. The first-order valence-electron chi connectivity index (χ1n) is 11.7. The molecule has 0 aliphatic carbocycles. The van der Waals surface area contributed by atoms with Gasteiger partial charge in [-0.05, 0) is 65.4 Å². The first kappa shape index (κ1) is 20.8. The Morgan fingerprint density at radius 3 is 2.65 bits per heavy atom. The van der Waals surface area contributed by atoms with Gasteiger partial charge in [0.2, 0.25) is 0 Å². The average molecular weight is 427 g/mol. The lowest BCUT2D eigenvalue weighted by atomic mass is 9.85. The monoisotopic (exact) mass is 426 g/mol. The molecule has 0 aromatic carbocycles. The van der Waals surface area contributed by atoms with Crippen LogP contribution >= 0.6 is 0 Å². The van der Waals surface area contributed by atoms with Gasteiger partial charge in [-0.1, -0.05) is 0 Å². The van der Waals surface area contributed by atoms with Gasteiger partial charge in [-0.2, -0.15) is 0 Å². The molecular formula is C23H34N6O2. The van der Waals surface area contributed by atoms with Gasteiger partial charge in [-0.15, -0.1) is 0 Å². The minimum atomic E-state index is 0.0842. The molecule has 0 bridgehead atoms. The van der Waals surface area contributed by atoms with Crippen molar-refractivity contribution >= 4 is 17.1 Å². The van der Waals surface area contributed by atoms with Gasteiger partial charge in [-0.3, -0.25) is 9.69 Å². The number of fused-ring (bicyclic) bond motifs is 1. The zero-order chi connectivity index (χ0) is 21.4. The first-order chi connectivity index (χ1) is 15.1. The second kappa shape index (κ2) is 8.48. The molecule has 0 saturated carbocycles. The molecule has 8 heteroatoms. The summed E-state index contributed by atoms with van der Waals surface area (Å²) in [7, 11) is 4.42. The fourth-order valence-electron chi connectivity index (χ4n) is 5.49. The summed E-state index contributed by atoms with van der Waals surface area (Å²) in [4.78, 5) is 29.7. The van der Waals surface area contributed by atoms with Crippen LogP contribution in [0.1, 0.15) is 48.5 Å². The molecule has 2 aromatic rings. The number of hydrogen-bond acceptors (Lipinski definition) is 6. The number of nitrogens with zero attached hydrogens (tertiary/aromatic N) is 6. The number of carbonyl (C=O) groups is 1. The Bertz CT molecular complexity index is 929. The largest absolute Gasteiger partial charge is 0.381 e. The van der Waals surface area contributed by atoms with Crippen molar-refractivity contribution in [2.45, 2.75) is 43.7 Å². The highest BCUT2D eigenvalue weighted by atomic mass is 16.5. The molecule has 1 spiro atoms. The van der Waals surface area contributed by atoms with Crippen molar-refractivity contribution in [2.24, 2.45) is 0 Å².